The summed E-state index contributed by atoms with van der Waals surface area (Å²) < 4.78 is 38.0. The summed E-state index contributed by atoms with van der Waals surface area (Å²) in [5.41, 5.74) is 5.19. The molecule has 94 valence electrons. The molecule has 0 aromatic carbocycles. The molecule has 2 unspecified atom stereocenters. The summed E-state index contributed by atoms with van der Waals surface area (Å²) in [6.07, 6.45) is -2.66. The van der Waals surface area contributed by atoms with E-state index in [1.807, 2.05) is 0 Å². The van der Waals surface area contributed by atoms with Gasteiger partial charge >= 0.3 is 6.18 Å². The first-order valence-electron chi connectivity index (χ1n) is 5.51. The Hall–Kier alpha value is -0.780. The Kier molecular flexibility index (Phi) is 4.58. The summed E-state index contributed by atoms with van der Waals surface area (Å²) in [7, 11) is 0. The van der Waals surface area contributed by atoms with Crippen molar-refractivity contribution in [3.8, 4) is 0 Å². The molecular formula is C10H17F3N2O. The minimum absolute atomic E-state index is 0.0597. The average Bonchev–Trinajstić information content (AvgIpc) is 2.24. The Balaban J connectivity index is 2.63. The fourth-order valence-electron chi connectivity index (χ4n) is 2.16. The van der Waals surface area contributed by atoms with Crippen molar-refractivity contribution in [1.29, 1.82) is 0 Å². The van der Waals surface area contributed by atoms with Gasteiger partial charge in [0, 0.05) is 19.0 Å². The second-order valence-electron chi connectivity index (χ2n) is 4.12. The summed E-state index contributed by atoms with van der Waals surface area (Å²) in [5, 5.41) is 2.44. The van der Waals surface area contributed by atoms with Crippen LogP contribution < -0.4 is 11.1 Å². The van der Waals surface area contributed by atoms with Crippen LogP contribution in [0.3, 0.4) is 0 Å². The minimum atomic E-state index is -4.27. The number of hydrogen-bond acceptors (Lipinski definition) is 2. The third-order valence-electron chi connectivity index (χ3n) is 2.97. The van der Waals surface area contributed by atoms with Crippen LogP contribution in [0.4, 0.5) is 13.2 Å². The second-order valence-corrected chi connectivity index (χ2v) is 4.12. The molecule has 0 spiro atoms. The maximum Gasteiger partial charge on any atom is 0.392 e. The summed E-state index contributed by atoms with van der Waals surface area (Å²) in [6.45, 7) is 0.481. The van der Waals surface area contributed by atoms with E-state index in [1.165, 1.54) is 0 Å². The number of hydrogen-bond donors (Lipinski definition) is 2. The summed E-state index contributed by atoms with van der Waals surface area (Å²) in [6, 6.07) is 0. The van der Waals surface area contributed by atoms with Crippen molar-refractivity contribution in [3.63, 3.8) is 0 Å². The summed E-state index contributed by atoms with van der Waals surface area (Å²) in [4.78, 5) is 11.5. The zero-order valence-corrected chi connectivity index (χ0v) is 9.02. The lowest BCUT2D eigenvalue weighted by Crippen LogP contribution is -2.43. The standard InChI is InChI=1S/C10H17F3N2O/c11-10(12,13)8-4-2-1-3-7(8)9(16)15-6-5-14/h7-8H,1-6,14H2,(H,15,16). The van der Waals surface area contributed by atoms with Gasteiger partial charge in [-0.25, -0.2) is 0 Å². The van der Waals surface area contributed by atoms with Crippen molar-refractivity contribution in [3.05, 3.63) is 0 Å². The number of carbonyl (C=O) groups excluding carboxylic acids is 1. The molecule has 1 saturated carbocycles. The molecule has 0 heterocycles. The Morgan fingerprint density at radius 3 is 2.50 bits per heavy atom. The van der Waals surface area contributed by atoms with Crippen molar-refractivity contribution in [2.75, 3.05) is 13.1 Å². The van der Waals surface area contributed by atoms with Crippen LogP contribution in [0.1, 0.15) is 25.7 Å². The smallest absolute Gasteiger partial charge is 0.355 e. The van der Waals surface area contributed by atoms with Crippen LogP contribution >= 0.6 is 0 Å². The molecule has 2 atom stereocenters. The predicted molar refractivity (Wildman–Crippen MR) is 53.6 cm³/mol. The van der Waals surface area contributed by atoms with E-state index in [0.29, 0.717) is 19.3 Å². The molecular weight excluding hydrogens is 221 g/mol. The van der Waals surface area contributed by atoms with Crippen LogP contribution in [0.5, 0.6) is 0 Å². The highest BCUT2D eigenvalue weighted by atomic mass is 19.4. The van der Waals surface area contributed by atoms with Crippen LogP contribution in [0.25, 0.3) is 0 Å². The van der Waals surface area contributed by atoms with Gasteiger partial charge in [-0.1, -0.05) is 12.8 Å². The van der Waals surface area contributed by atoms with Crippen molar-refractivity contribution in [2.24, 2.45) is 17.6 Å². The number of halogens is 3. The number of carbonyl (C=O) groups is 1. The van der Waals surface area contributed by atoms with E-state index in [9.17, 15) is 18.0 Å². The van der Waals surface area contributed by atoms with E-state index in [-0.39, 0.29) is 19.5 Å². The first-order chi connectivity index (χ1) is 7.46. The molecule has 0 bridgehead atoms. The van der Waals surface area contributed by atoms with Gasteiger partial charge < -0.3 is 11.1 Å². The van der Waals surface area contributed by atoms with Crippen molar-refractivity contribution >= 4 is 5.91 Å². The maximum atomic E-state index is 12.7. The zero-order valence-electron chi connectivity index (χ0n) is 9.02. The Labute approximate surface area is 92.6 Å². The predicted octanol–water partition coefficient (Wildman–Crippen LogP) is 1.43. The molecule has 1 rings (SSSR count). The van der Waals surface area contributed by atoms with Crippen LogP contribution in [-0.2, 0) is 4.79 Å². The van der Waals surface area contributed by atoms with Gasteiger partial charge in [-0.3, -0.25) is 4.79 Å². The number of nitrogens with two attached hydrogens (primary N) is 1. The van der Waals surface area contributed by atoms with Crippen LogP contribution in [0.15, 0.2) is 0 Å². The molecule has 1 amide bonds. The lowest BCUT2D eigenvalue weighted by Gasteiger charge is -2.31. The number of rotatable bonds is 3. The zero-order chi connectivity index (χ0) is 12.2. The third kappa shape index (κ3) is 3.37. The quantitative estimate of drug-likeness (QED) is 0.781. The molecule has 0 aromatic rings. The SMILES string of the molecule is NCCNC(=O)C1CCCCC1C(F)(F)F. The molecule has 16 heavy (non-hydrogen) atoms. The molecule has 0 aromatic heterocycles. The fourth-order valence-corrected chi connectivity index (χ4v) is 2.16. The molecule has 0 saturated heterocycles. The molecule has 1 fully saturated rings. The van der Waals surface area contributed by atoms with Crippen molar-refractivity contribution < 1.29 is 18.0 Å². The maximum absolute atomic E-state index is 12.7. The van der Waals surface area contributed by atoms with Crippen molar-refractivity contribution in [2.45, 2.75) is 31.9 Å². The molecule has 1 aliphatic carbocycles. The fraction of sp³-hybridized carbons (Fsp3) is 0.900. The molecule has 1 aliphatic rings. The average molecular weight is 238 g/mol. The van der Waals surface area contributed by atoms with Gasteiger partial charge in [0.2, 0.25) is 5.91 Å². The number of amides is 1. The normalized spacial score (nSPS) is 26.5. The van der Waals surface area contributed by atoms with Crippen molar-refractivity contribution in [1.82, 2.24) is 5.32 Å². The second kappa shape index (κ2) is 5.52. The van der Waals surface area contributed by atoms with E-state index >= 15 is 0 Å². The van der Waals surface area contributed by atoms with Crippen LogP contribution in [0.2, 0.25) is 0 Å². The topological polar surface area (TPSA) is 55.1 Å². The largest absolute Gasteiger partial charge is 0.392 e. The highest BCUT2D eigenvalue weighted by Gasteiger charge is 2.47. The lowest BCUT2D eigenvalue weighted by atomic mass is 9.78. The Bertz CT molecular complexity index is 243. The van der Waals surface area contributed by atoms with E-state index in [2.05, 4.69) is 5.32 Å². The van der Waals surface area contributed by atoms with E-state index < -0.39 is 23.9 Å². The van der Waals surface area contributed by atoms with Crippen LogP contribution in [0, 0.1) is 11.8 Å². The van der Waals surface area contributed by atoms with Gasteiger partial charge in [0.25, 0.3) is 0 Å². The highest BCUT2D eigenvalue weighted by molar-refractivity contribution is 5.79. The van der Waals surface area contributed by atoms with Crippen LogP contribution in [-0.4, -0.2) is 25.2 Å². The molecule has 0 radical (unpaired) electrons. The number of alkyl halides is 3. The van der Waals surface area contributed by atoms with E-state index in [4.69, 9.17) is 5.73 Å². The molecule has 3 N–H and O–H groups in total. The van der Waals surface area contributed by atoms with Gasteiger partial charge in [-0.15, -0.1) is 0 Å². The van der Waals surface area contributed by atoms with E-state index in [0.717, 1.165) is 0 Å². The molecule has 0 aliphatic heterocycles. The summed E-state index contributed by atoms with van der Waals surface area (Å²) in [5.74, 6) is -2.92. The Morgan fingerprint density at radius 2 is 1.94 bits per heavy atom. The number of nitrogens with one attached hydrogen (secondary N) is 1. The van der Waals surface area contributed by atoms with Gasteiger partial charge in [-0.2, -0.15) is 13.2 Å². The third-order valence-corrected chi connectivity index (χ3v) is 2.97. The van der Waals surface area contributed by atoms with Gasteiger partial charge in [0.1, 0.15) is 0 Å². The highest BCUT2D eigenvalue weighted by Crippen LogP contribution is 2.41. The van der Waals surface area contributed by atoms with Gasteiger partial charge in [0.05, 0.1) is 5.92 Å². The first kappa shape index (κ1) is 13.3. The Morgan fingerprint density at radius 1 is 1.31 bits per heavy atom. The van der Waals surface area contributed by atoms with E-state index in [1.54, 1.807) is 0 Å². The van der Waals surface area contributed by atoms with Gasteiger partial charge in [-0.05, 0) is 12.8 Å². The monoisotopic (exact) mass is 238 g/mol. The minimum Gasteiger partial charge on any atom is -0.355 e. The van der Waals surface area contributed by atoms with Gasteiger partial charge in [0.15, 0.2) is 0 Å². The molecule has 3 nitrogen and oxygen atoms in total. The first-order valence-corrected chi connectivity index (χ1v) is 5.51. The summed E-state index contributed by atoms with van der Waals surface area (Å²) >= 11 is 0. The lowest BCUT2D eigenvalue weighted by molar-refractivity contribution is -0.198. The molecule has 6 heteroatoms.